The van der Waals surface area contributed by atoms with Gasteiger partial charge in [0.05, 0.1) is 12.7 Å². The maximum absolute atomic E-state index is 12.7. The monoisotopic (exact) mass is 337 g/mol. The second kappa shape index (κ2) is 8.54. The summed E-state index contributed by atoms with van der Waals surface area (Å²) in [5.74, 6) is -0.492. The molecule has 1 unspecified atom stereocenters. The summed E-state index contributed by atoms with van der Waals surface area (Å²) in [5.41, 5.74) is 0.484. The normalized spacial score (nSPS) is 17.4. The third-order valence-corrected chi connectivity index (χ3v) is 3.84. The summed E-state index contributed by atoms with van der Waals surface area (Å²) < 4.78 is 16.0. The van der Waals surface area contributed by atoms with Crippen LogP contribution in [-0.2, 0) is 9.53 Å². The number of carboxylic acid groups (broad SMARTS) is 1. The van der Waals surface area contributed by atoms with Crippen LogP contribution in [0.5, 0.6) is 11.5 Å². The molecule has 1 N–H and O–H groups in total. The molecule has 0 spiro atoms. The Hall–Kier alpha value is -2.28. The molecule has 132 valence electrons. The number of piperidine rings is 1. The van der Waals surface area contributed by atoms with Crippen LogP contribution in [0.1, 0.15) is 30.1 Å². The van der Waals surface area contributed by atoms with Gasteiger partial charge >= 0.3 is 5.97 Å². The van der Waals surface area contributed by atoms with Crippen molar-refractivity contribution in [2.75, 3.05) is 33.4 Å². The molecule has 7 nitrogen and oxygen atoms in total. The molecule has 0 bridgehead atoms. The van der Waals surface area contributed by atoms with E-state index in [1.54, 1.807) is 30.2 Å². The first-order valence-corrected chi connectivity index (χ1v) is 7.98. The van der Waals surface area contributed by atoms with Gasteiger partial charge < -0.3 is 24.2 Å². The lowest BCUT2D eigenvalue weighted by atomic mass is 10.1. The van der Waals surface area contributed by atoms with Gasteiger partial charge in [-0.15, -0.1) is 0 Å². The Morgan fingerprint density at radius 2 is 2.08 bits per heavy atom. The molecule has 7 heteroatoms. The van der Waals surface area contributed by atoms with Crippen molar-refractivity contribution in [3.05, 3.63) is 23.8 Å². The minimum atomic E-state index is -1.07. The molecule has 1 fully saturated rings. The van der Waals surface area contributed by atoms with Gasteiger partial charge in [-0.1, -0.05) is 0 Å². The van der Waals surface area contributed by atoms with Crippen molar-refractivity contribution in [1.29, 1.82) is 0 Å². The Labute approximate surface area is 141 Å². The predicted molar refractivity (Wildman–Crippen MR) is 86.7 cm³/mol. The first-order chi connectivity index (χ1) is 11.5. The van der Waals surface area contributed by atoms with Crippen LogP contribution in [-0.4, -0.2) is 61.4 Å². The number of carboxylic acids is 1. The molecule has 0 saturated carbocycles. The number of carbonyl (C=O) groups is 2. The number of amides is 1. The van der Waals surface area contributed by atoms with E-state index in [-0.39, 0.29) is 12.0 Å². The van der Waals surface area contributed by atoms with Crippen molar-refractivity contribution >= 4 is 11.9 Å². The van der Waals surface area contributed by atoms with Crippen molar-refractivity contribution < 1.29 is 28.9 Å². The van der Waals surface area contributed by atoms with Gasteiger partial charge in [0.25, 0.3) is 5.91 Å². The van der Waals surface area contributed by atoms with Gasteiger partial charge in [0.2, 0.25) is 0 Å². The highest BCUT2D eigenvalue weighted by Crippen LogP contribution is 2.29. The average molecular weight is 337 g/mol. The number of methoxy groups -OCH3 is 1. The molecule has 2 rings (SSSR count). The zero-order valence-corrected chi connectivity index (χ0v) is 14.0. The van der Waals surface area contributed by atoms with Gasteiger partial charge in [-0.25, -0.2) is 4.79 Å². The molecule has 0 aromatic heterocycles. The van der Waals surface area contributed by atoms with Crippen LogP contribution >= 0.6 is 0 Å². The second-order valence-electron chi connectivity index (χ2n) is 5.53. The number of hydrogen-bond donors (Lipinski definition) is 1. The highest BCUT2D eigenvalue weighted by molar-refractivity contribution is 5.95. The van der Waals surface area contributed by atoms with Gasteiger partial charge in [0, 0.05) is 25.8 Å². The van der Waals surface area contributed by atoms with Crippen LogP contribution < -0.4 is 9.47 Å². The molecule has 1 aromatic rings. The molecular formula is C17H23NO6. The van der Waals surface area contributed by atoms with E-state index in [4.69, 9.17) is 19.3 Å². The number of benzene rings is 1. The molecule has 1 atom stereocenters. The molecule has 24 heavy (non-hydrogen) atoms. The number of ether oxygens (including phenoxy) is 3. The number of aliphatic carboxylic acids is 1. The fraction of sp³-hybridized carbons (Fsp3) is 0.529. The predicted octanol–water partition coefficient (Wildman–Crippen LogP) is 1.80. The zero-order chi connectivity index (χ0) is 17.5. The van der Waals surface area contributed by atoms with Gasteiger partial charge in [-0.3, -0.25) is 4.79 Å². The summed E-state index contributed by atoms with van der Waals surface area (Å²) in [6, 6.07) is 4.79. The second-order valence-corrected chi connectivity index (χ2v) is 5.53. The molecule has 1 heterocycles. The Kier molecular flexibility index (Phi) is 6.43. The molecule has 0 radical (unpaired) electrons. The van der Waals surface area contributed by atoms with Gasteiger partial charge in [0.15, 0.2) is 18.1 Å². The largest absolute Gasteiger partial charge is 0.490 e. The molecule has 1 aromatic carbocycles. The summed E-state index contributed by atoms with van der Waals surface area (Å²) in [5, 5.41) is 8.72. The first kappa shape index (κ1) is 18.1. The maximum atomic E-state index is 12.7. The lowest BCUT2D eigenvalue weighted by molar-refractivity contribution is -0.139. The van der Waals surface area contributed by atoms with Crippen LogP contribution in [0.25, 0.3) is 0 Å². The number of rotatable bonds is 7. The SMILES string of the molecule is CCOc1cc(C(=O)N2CCCC(OC)C2)ccc1OCC(=O)O. The van der Waals surface area contributed by atoms with E-state index in [9.17, 15) is 9.59 Å². The molecule has 0 aliphatic carbocycles. The van der Waals surface area contributed by atoms with Crippen LogP contribution in [0.4, 0.5) is 0 Å². The molecule has 1 amide bonds. The Morgan fingerprint density at radius 1 is 1.29 bits per heavy atom. The molecule has 1 aliphatic heterocycles. The fourth-order valence-corrected chi connectivity index (χ4v) is 2.67. The minimum Gasteiger partial charge on any atom is -0.490 e. The van der Waals surface area contributed by atoms with Crippen molar-refractivity contribution in [2.24, 2.45) is 0 Å². The minimum absolute atomic E-state index is 0.0623. The lowest BCUT2D eigenvalue weighted by Crippen LogP contribution is -2.42. The standard InChI is InChI=1S/C17H23NO6/c1-3-23-15-9-12(6-7-14(15)24-11-16(19)20)17(21)18-8-4-5-13(10-18)22-2/h6-7,9,13H,3-5,8,10-11H2,1-2H3,(H,19,20). The van der Waals surface area contributed by atoms with E-state index in [1.165, 1.54) is 0 Å². The summed E-state index contributed by atoms with van der Waals surface area (Å²) in [7, 11) is 1.65. The quantitative estimate of drug-likeness (QED) is 0.816. The van der Waals surface area contributed by atoms with E-state index < -0.39 is 12.6 Å². The fourth-order valence-electron chi connectivity index (χ4n) is 2.67. The summed E-state index contributed by atoms with van der Waals surface area (Å²) in [6.45, 7) is 2.99. The van der Waals surface area contributed by atoms with Crippen LogP contribution in [0.3, 0.4) is 0 Å². The number of likely N-dealkylation sites (tertiary alicyclic amines) is 1. The van der Waals surface area contributed by atoms with Crippen molar-refractivity contribution in [2.45, 2.75) is 25.9 Å². The molecular weight excluding hydrogens is 314 g/mol. The lowest BCUT2D eigenvalue weighted by Gasteiger charge is -2.32. The zero-order valence-electron chi connectivity index (χ0n) is 14.0. The molecule has 1 saturated heterocycles. The van der Waals surface area contributed by atoms with Gasteiger partial charge in [-0.05, 0) is 38.0 Å². The van der Waals surface area contributed by atoms with Crippen molar-refractivity contribution in [3.8, 4) is 11.5 Å². The number of hydrogen-bond acceptors (Lipinski definition) is 5. The van der Waals surface area contributed by atoms with E-state index >= 15 is 0 Å². The Balaban J connectivity index is 2.15. The summed E-state index contributed by atoms with van der Waals surface area (Å²) in [6.07, 6.45) is 1.92. The van der Waals surface area contributed by atoms with Gasteiger partial charge in [0.1, 0.15) is 0 Å². The maximum Gasteiger partial charge on any atom is 0.341 e. The van der Waals surface area contributed by atoms with Crippen molar-refractivity contribution in [1.82, 2.24) is 4.90 Å². The average Bonchev–Trinajstić information content (AvgIpc) is 2.60. The topological polar surface area (TPSA) is 85.3 Å². The first-order valence-electron chi connectivity index (χ1n) is 7.98. The van der Waals surface area contributed by atoms with Crippen LogP contribution in [0.15, 0.2) is 18.2 Å². The van der Waals surface area contributed by atoms with Crippen LogP contribution in [0, 0.1) is 0 Å². The van der Waals surface area contributed by atoms with E-state index in [0.29, 0.717) is 36.8 Å². The number of nitrogens with zero attached hydrogens (tertiary/aromatic N) is 1. The highest BCUT2D eigenvalue weighted by Gasteiger charge is 2.25. The third-order valence-electron chi connectivity index (χ3n) is 3.84. The smallest absolute Gasteiger partial charge is 0.341 e. The van der Waals surface area contributed by atoms with Crippen molar-refractivity contribution in [3.63, 3.8) is 0 Å². The van der Waals surface area contributed by atoms with E-state index in [0.717, 1.165) is 12.8 Å². The molecule has 1 aliphatic rings. The van der Waals surface area contributed by atoms with Gasteiger partial charge in [-0.2, -0.15) is 0 Å². The Bertz CT molecular complexity index is 588. The summed E-state index contributed by atoms with van der Waals surface area (Å²) >= 11 is 0. The number of carbonyl (C=O) groups excluding carboxylic acids is 1. The van der Waals surface area contributed by atoms with Crippen LogP contribution in [0.2, 0.25) is 0 Å². The Morgan fingerprint density at radius 3 is 2.75 bits per heavy atom. The summed E-state index contributed by atoms with van der Waals surface area (Å²) in [4.78, 5) is 25.1. The van der Waals surface area contributed by atoms with E-state index in [1.807, 2.05) is 6.92 Å². The highest BCUT2D eigenvalue weighted by atomic mass is 16.5. The third kappa shape index (κ3) is 4.61. The van der Waals surface area contributed by atoms with E-state index in [2.05, 4.69) is 0 Å².